The molecule has 2 aromatic rings. The van der Waals surface area contributed by atoms with E-state index in [-0.39, 0.29) is 5.69 Å². The molecule has 0 amide bonds. The SMILES string of the molecule is COc1cc(-c2cc(C(=O)O)[nH]n2)c(C)c(C)c1OC. The van der Waals surface area contributed by atoms with E-state index in [1.807, 2.05) is 13.8 Å². The molecule has 1 aromatic heterocycles. The van der Waals surface area contributed by atoms with E-state index in [2.05, 4.69) is 10.2 Å². The number of aromatic carboxylic acids is 1. The first-order valence-electron chi connectivity index (χ1n) is 6.00. The standard InChI is InChI=1S/C14H16N2O4/c1-7-8(2)13(20-4)12(19-3)5-9(7)10-6-11(14(17)18)16-15-10/h5-6H,1-4H3,(H,15,16)(H,17,18). The third-order valence-electron chi connectivity index (χ3n) is 3.31. The van der Waals surface area contributed by atoms with E-state index >= 15 is 0 Å². The summed E-state index contributed by atoms with van der Waals surface area (Å²) in [6.07, 6.45) is 0. The highest BCUT2D eigenvalue weighted by atomic mass is 16.5. The van der Waals surface area contributed by atoms with Gasteiger partial charge in [0.1, 0.15) is 5.69 Å². The molecular formula is C14H16N2O4. The molecule has 0 unspecified atom stereocenters. The van der Waals surface area contributed by atoms with Crippen LogP contribution < -0.4 is 9.47 Å². The zero-order chi connectivity index (χ0) is 14.9. The zero-order valence-electron chi connectivity index (χ0n) is 11.8. The van der Waals surface area contributed by atoms with E-state index in [0.717, 1.165) is 16.7 Å². The molecular weight excluding hydrogens is 260 g/mol. The van der Waals surface area contributed by atoms with Gasteiger partial charge in [-0.2, -0.15) is 5.10 Å². The zero-order valence-corrected chi connectivity index (χ0v) is 11.8. The van der Waals surface area contributed by atoms with Gasteiger partial charge in [-0.1, -0.05) is 0 Å². The van der Waals surface area contributed by atoms with Gasteiger partial charge in [0.05, 0.1) is 19.9 Å². The molecule has 6 nitrogen and oxygen atoms in total. The lowest BCUT2D eigenvalue weighted by atomic mass is 9.99. The number of carboxylic acid groups (broad SMARTS) is 1. The van der Waals surface area contributed by atoms with E-state index in [0.29, 0.717) is 17.2 Å². The highest BCUT2D eigenvalue weighted by molar-refractivity contribution is 5.87. The normalized spacial score (nSPS) is 10.4. The van der Waals surface area contributed by atoms with Crippen LogP contribution in [-0.2, 0) is 0 Å². The highest BCUT2D eigenvalue weighted by Gasteiger charge is 2.17. The van der Waals surface area contributed by atoms with Crippen molar-refractivity contribution in [3.8, 4) is 22.8 Å². The van der Waals surface area contributed by atoms with Crippen LogP contribution in [-0.4, -0.2) is 35.5 Å². The lowest BCUT2D eigenvalue weighted by Crippen LogP contribution is -1.97. The van der Waals surface area contributed by atoms with Crippen molar-refractivity contribution in [2.75, 3.05) is 14.2 Å². The monoisotopic (exact) mass is 276 g/mol. The largest absolute Gasteiger partial charge is 0.493 e. The van der Waals surface area contributed by atoms with Crippen molar-refractivity contribution in [3.05, 3.63) is 29.0 Å². The summed E-state index contributed by atoms with van der Waals surface area (Å²) < 4.78 is 10.6. The van der Waals surface area contributed by atoms with Crippen LogP contribution in [0.15, 0.2) is 12.1 Å². The Morgan fingerprint density at radius 3 is 2.40 bits per heavy atom. The fourth-order valence-corrected chi connectivity index (χ4v) is 2.10. The van der Waals surface area contributed by atoms with Crippen LogP contribution in [0, 0.1) is 13.8 Å². The summed E-state index contributed by atoms with van der Waals surface area (Å²) >= 11 is 0. The lowest BCUT2D eigenvalue weighted by Gasteiger charge is -2.15. The average molecular weight is 276 g/mol. The quantitative estimate of drug-likeness (QED) is 0.895. The maximum Gasteiger partial charge on any atom is 0.353 e. The predicted octanol–water partition coefficient (Wildman–Crippen LogP) is 2.41. The average Bonchev–Trinajstić information content (AvgIpc) is 2.91. The topological polar surface area (TPSA) is 84.4 Å². The smallest absolute Gasteiger partial charge is 0.353 e. The number of rotatable bonds is 4. The minimum absolute atomic E-state index is 0.0480. The Kier molecular flexibility index (Phi) is 3.65. The van der Waals surface area contributed by atoms with Crippen molar-refractivity contribution in [1.29, 1.82) is 0 Å². The molecule has 0 fully saturated rings. The number of nitrogens with one attached hydrogen (secondary N) is 1. The number of methoxy groups -OCH3 is 2. The van der Waals surface area contributed by atoms with Crippen LogP contribution in [0.25, 0.3) is 11.3 Å². The van der Waals surface area contributed by atoms with Crippen molar-refractivity contribution in [1.82, 2.24) is 10.2 Å². The Labute approximate surface area is 116 Å². The number of ether oxygens (including phenoxy) is 2. The van der Waals surface area contributed by atoms with Gasteiger partial charge in [0.15, 0.2) is 11.5 Å². The molecule has 106 valence electrons. The fourth-order valence-electron chi connectivity index (χ4n) is 2.10. The van der Waals surface area contributed by atoms with E-state index < -0.39 is 5.97 Å². The molecule has 6 heteroatoms. The fraction of sp³-hybridized carbons (Fsp3) is 0.286. The van der Waals surface area contributed by atoms with E-state index in [1.165, 1.54) is 6.07 Å². The van der Waals surface area contributed by atoms with Gasteiger partial charge in [-0.05, 0) is 37.1 Å². The van der Waals surface area contributed by atoms with Crippen LogP contribution >= 0.6 is 0 Å². The van der Waals surface area contributed by atoms with Crippen LogP contribution in [0.2, 0.25) is 0 Å². The maximum atomic E-state index is 10.9. The van der Waals surface area contributed by atoms with E-state index in [9.17, 15) is 4.79 Å². The number of aromatic amines is 1. The molecule has 0 aliphatic heterocycles. The second-order valence-corrected chi connectivity index (χ2v) is 4.38. The highest BCUT2D eigenvalue weighted by Crippen LogP contribution is 2.38. The first-order chi connectivity index (χ1) is 9.49. The number of hydrogen-bond acceptors (Lipinski definition) is 4. The molecule has 0 aliphatic carbocycles. The van der Waals surface area contributed by atoms with Crippen molar-refractivity contribution >= 4 is 5.97 Å². The third kappa shape index (κ3) is 2.20. The number of hydrogen-bond donors (Lipinski definition) is 2. The van der Waals surface area contributed by atoms with Gasteiger partial charge < -0.3 is 14.6 Å². The molecule has 2 N–H and O–H groups in total. The molecule has 0 atom stereocenters. The molecule has 0 aliphatic rings. The van der Waals surface area contributed by atoms with Gasteiger partial charge in [0.25, 0.3) is 0 Å². The summed E-state index contributed by atoms with van der Waals surface area (Å²) in [6.45, 7) is 3.85. The summed E-state index contributed by atoms with van der Waals surface area (Å²) in [5, 5.41) is 15.5. The number of nitrogens with zero attached hydrogens (tertiary/aromatic N) is 1. The second-order valence-electron chi connectivity index (χ2n) is 4.38. The van der Waals surface area contributed by atoms with Crippen LogP contribution in [0.3, 0.4) is 0 Å². The molecule has 1 aromatic carbocycles. The van der Waals surface area contributed by atoms with Gasteiger partial charge in [0.2, 0.25) is 0 Å². The first-order valence-corrected chi connectivity index (χ1v) is 6.00. The van der Waals surface area contributed by atoms with Gasteiger partial charge in [-0.25, -0.2) is 4.79 Å². The predicted molar refractivity (Wildman–Crippen MR) is 73.6 cm³/mol. The first kappa shape index (κ1) is 13.9. The van der Waals surface area contributed by atoms with Crippen molar-refractivity contribution in [3.63, 3.8) is 0 Å². The van der Waals surface area contributed by atoms with Crippen LogP contribution in [0.5, 0.6) is 11.5 Å². The van der Waals surface area contributed by atoms with Crippen molar-refractivity contribution in [2.45, 2.75) is 13.8 Å². The Balaban J connectivity index is 2.61. The number of H-pyrrole nitrogens is 1. The molecule has 0 saturated carbocycles. The van der Waals surface area contributed by atoms with Crippen LogP contribution in [0.1, 0.15) is 21.6 Å². The van der Waals surface area contributed by atoms with Gasteiger partial charge >= 0.3 is 5.97 Å². The van der Waals surface area contributed by atoms with Gasteiger partial charge in [-0.15, -0.1) is 0 Å². The van der Waals surface area contributed by atoms with E-state index in [4.69, 9.17) is 14.6 Å². The Bertz CT molecular complexity index is 661. The van der Waals surface area contributed by atoms with Crippen LogP contribution in [0.4, 0.5) is 0 Å². The number of carbonyl (C=O) groups is 1. The molecule has 20 heavy (non-hydrogen) atoms. The van der Waals surface area contributed by atoms with Crippen molar-refractivity contribution in [2.24, 2.45) is 0 Å². The summed E-state index contributed by atoms with van der Waals surface area (Å²) in [4.78, 5) is 10.9. The summed E-state index contributed by atoms with van der Waals surface area (Å²) in [6, 6.07) is 3.29. The summed E-state index contributed by atoms with van der Waals surface area (Å²) in [7, 11) is 3.14. The third-order valence-corrected chi connectivity index (χ3v) is 3.31. The molecule has 2 rings (SSSR count). The molecule has 0 spiro atoms. The van der Waals surface area contributed by atoms with Gasteiger partial charge in [-0.3, -0.25) is 5.10 Å². The number of carboxylic acids is 1. The summed E-state index contributed by atoms with van der Waals surface area (Å²) in [5.74, 6) is 0.215. The van der Waals surface area contributed by atoms with Gasteiger partial charge in [0, 0.05) is 5.56 Å². The van der Waals surface area contributed by atoms with E-state index in [1.54, 1.807) is 20.3 Å². The second kappa shape index (κ2) is 5.24. The summed E-state index contributed by atoms with van der Waals surface area (Å²) in [5.41, 5.74) is 3.31. The molecule has 0 radical (unpaired) electrons. The van der Waals surface area contributed by atoms with Crippen molar-refractivity contribution < 1.29 is 19.4 Å². The number of benzene rings is 1. The Hall–Kier alpha value is -2.50. The minimum Gasteiger partial charge on any atom is -0.493 e. The molecule has 0 saturated heterocycles. The number of aromatic nitrogens is 2. The Morgan fingerprint density at radius 2 is 1.90 bits per heavy atom. The Morgan fingerprint density at radius 1 is 1.20 bits per heavy atom. The molecule has 0 bridgehead atoms. The minimum atomic E-state index is -1.04. The maximum absolute atomic E-state index is 10.9. The molecule has 1 heterocycles. The lowest BCUT2D eigenvalue weighted by molar-refractivity contribution is 0.0690.